The molecule has 3 N–H and O–H groups in total. The van der Waals surface area contributed by atoms with Gasteiger partial charge in [-0.15, -0.1) is 11.8 Å². The number of carbonyl (C=O) groups is 2. The molecule has 1 aliphatic heterocycles. The van der Waals surface area contributed by atoms with Crippen LogP contribution in [0, 0.1) is 5.92 Å². The number of rotatable bonds is 9. The van der Waals surface area contributed by atoms with Gasteiger partial charge < -0.3 is 25.0 Å². The van der Waals surface area contributed by atoms with Crippen LogP contribution in [-0.2, 0) is 16.1 Å². The Balaban J connectivity index is 1.33. The average molecular weight is 571 g/mol. The molecule has 1 amide bonds. The Morgan fingerprint density at radius 2 is 1.61 bits per heavy atom. The molecular weight excluding hydrogens is 540 g/mol. The van der Waals surface area contributed by atoms with Crippen LogP contribution in [0.1, 0.15) is 56.7 Å². The lowest BCUT2D eigenvalue weighted by Crippen LogP contribution is -2.38. The third-order valence-electron chi connectivity index (χ3n) is 7.00. The number of aliphatic hydroxyl groups excluding tert-OH is 1. The molecule has 1 fully saturated rings. The molecule has 5 rings (SSSR count). The van der Waals surface area contributed by atoms with E-state index in [0.29, 0.717) is 17.0 Å². The second-order valence-corrected chi connectivity index (χ2v) is 10.9. The van der Waals surface area contributed by atoms with Crippen molar-refractivity contribution in [2.75, 3.05) is 11.1 Å². The lowest BCUT2D eigenvalue weighted by atomic mass is 9.91. The van der Waals surface area contributed by atoms with Crippen molar-refractivity contribution in [2.24, 2.45) is 5.92 Å². The predicted molar refractivity (Wildman–Crippen MR) is 156 cm³/mol. The van der Waals surface area contributed by atoms with Crippen molar-refractivity contribution >= 4 is 29.3 Å². The van der Waals surface area contributed by atoms with Gasteiger partial charge in [0, 0.05) is 40.2 Å². The van der Waals surface area contributed by atoms with Crippen molar-refractivity contribution < 1.29 is 29.3 Å². The van der Waals surface area contributed by atoms with Crippen LogP contribution < -0.4 is 5.32 Å². The molecule has 41 heavy (non-hydrogen) atoms. The summed E-state index contributed by atoms with van der Waals surface area (Å²) in [7, 11) is 0. The zero-order valence-electron chi connectivity index (χ0n) is 22.3. The molecule has 210 valence electrons. The van der Waals surface area contributed by atoms with E-state index in [2.05, 4.69) is 17.2 Å². The van der Waals surface area contributed by atoms with Gasteiger partial charge in [0.25, 0.3) is 5.91 Å². The molecule has 0 aliphatic carbocycles. The number of nitrogens with one attached hydrogen (secondary N) is 1. The standard InChI is InChI=1S/C32H30N2O6S/c1-20-28(19-41-27-14-10-23(11-15-27)31(37)38)39-32(40-29(20)22-6-4-21(18-35)5-7-22)24-8-12-26(13-9-24)34-30(36)25-3-2-16-33-17-25/h2-17,20,28-29,32,35H,18-19H2,1H3,(H,34,36)(H,37,38)/t20-,28+,29+,32+/m1/s1. The summed E-state index contributed by atoms with van der Waals surface area (Å²) in [4.78, 5) is 28.7. The van der Waals surface area contributed by atoms with Crippen LogP contribution in [0.4, 0.5) is 5.69 Å². The van der Waals surface area contributed by atoms with E-state index in [4.69, 9.17) is 9.47 Å². The number of benzene rings is 3. The summed E-state index contributed by atoms with van der Waals surface area (Å²) in [6.45, 7) is 2.06. The van der Waals surface area contributed by atoms with Gasteiger partial charge >= 0.3 is 5.97 Å². The van der Waals surface area contributed by atoms with Gasteiger partial charge in [-0.25, -0.2) is 4.79 Å². The average Bonchev–Trinajstić information content (AvgIpc) is 3.01. The van der Waals surface area contributed by atoms with Gasteiger partial charge in [-0.3, -0.25) is 9.78 Å². The number of pyridine rings is 1. The monoisotopic (exact) mass is 570 g/mol. The molecule has 0 spiro atoms. The minimum atomic E-state index is -0.955. The number of aromatic nitrogens is 1. The van der Waals surface area contributed by atoms with Gasteiger partial charge in [-0.05, 0) is 59.7 Å². The van der Waals surface area contributed by atoms with Crippen molar-refractivity contribution in [3.63, 3.8) is 0 Å². The van der Waals surface area contributed by atoms with E-state index in [1.54, 1.807) is 54.4 Å². The van der Waals surface area contributed by atoms with E-state index in [1.807, 2.05) is 48.5 Å². The Morgan fingerprint density at radius 3 is 2.24 bits per heavy atom. The second kappa shape index (κ2) is 13.1. The Bertz CT molecular complexity index is 1460. The number of carbonyl (C=O) groups excluding carboxylic acids is 1. The van der Waals surface area contributed by atoms with Crippen molar-refractivity contribution in [1.29, 1.82) is 0 Å². The number of carboxylic acid groups (broad SMARTS) is 1. The third-order valence-corrected chi connectivity index (χ3v) is 8.10. The van der Waals surface area contributed by atoms with Crippen molar-refractivity contribution in [3.05, 3.63) is 125 Å². The summed E-state index contributed by atoms with van der Waals surface area (Å²) < 4.78 is 13.0. The molecule has 0 radical (unpaired) electrons. The summed E-state index contributed by atoms with van der Waals surface area (Å²) >= 11 is 1.60. The molecule has 3 aromatic carbocycles. The largest absolute Gasteiger partial charge is 0.478 e. The maximum absolute atomic E-state index is 12.5. The number of hydrogen-bond donors (Lipinski definition) is 3. The number of nitrogens with zero attached hydrogens (tertiary/aromatic N) is 1. The first kappa shape index (κ1) is 28.5. The number of ether oxygens (including phenoxy) is 2. The number of amides is 1. The van der Waals surface area contributed by atoms with Crippen LogP contribution in [0.2, 0.25) is 0 Å². The lowest BCUT2D eigenvalue weighted by molar-refractivity contribution is -0.268. The van der Waals surface area contributed by atoms with E-state index in [1.165, 1.54) is 6.20 Å². The SMILES string of the molecule is C[C@@H]1[C@H](CSc2ccc(C(=O)O)cc2)O[C@H](c2ccc(NC(=O)c3cccnc3)cc2)O[C@@H]1c1ccc(CO)cc1. The van der Waals surface area contributed by atoms with Crippen LogP contribution in [0.25, 0.3) is 0 Å². The number of carboxylic acids is 1. The normalized spacial score (nSPS) is 20.3. The Hall–Kier alpha value is -4.02. The number of aliphatic hydroxyl groups is 1. The maximum atomic E-state index is 12.5. The topological polar surface area (TPSA) is 118 Å². The van der Waals surface area contributed by atoms with Gasteiger partial charge in [-0.2, -0.15) is 0 Å². The first-order valence-corrected chi connectivity index (χ1v) is 14.2. The van der Waals surface area contributed by atoms with Crippen LogP contribution >= 0.6 is 11.8 Å². The Kier molecular flexibility index (Phi) is 9.11. The van der Waals surface area contributed by atoms with Gasteiger partial charge in [0.1, 0.15) is 0 Å². The molecule has 8 nitrogen and oxygen atoms in total. The smallest absolute Gasteiger partial charge is 0.335 e. The molecule has 2 heterocycles. The van der Waals surface area contributed by atoms with Gasteiger partial charge in [0.05, 0.1) is 29.9 Å². The molecular formula is C32H30N2O6S. The fourth-order valence-corrected chi connectivity index (χ4v) is 5.67. The highest BCUT2D eigenvalue weighted by Crippen LogP contribution is 2.43. The number of anilines is 1. The van der Waals surface area contributed by atoms with Crippen LogP contribution in [0.3, 0.4) is 0 Å². The Morgan fingerprint density at radius 1 is 0.902 bits per heavy atom. The molecule has 4 aromatic rings. The molecule has 0 bridgehead atoms. The molecule has 0 unspecified atom stereocenters. The zero-order chi connectivity index (χ0) is 28.8. The maximum Gasteiger partial charge on any atom is 0.335 e. The first-order valence-electron chi connectivity index (χ1n) is 13.2. The fourth-order valence-electron chi connectivity index (χ4n) is 4.61. The van der Waals surface area contributed by atoms with Crippen molar-refractivity contribution in [1.82, 2.24) is 4.98 Å². The summed E-state index contributed by atoms with van der Waals surface area (Å²) in [5, 5.41) is 21.5. The van der Waals surface area contributed by atoms with Crippen molar-refractivity contribution in [2.45, 2.75) is 36.9 Å². The summed E-state index contributed by atoms with van der Waals surface area (Å²) in [6.07, 6.45) is 2.06. The van der Waals surface area contributed by atoms with Gasteiger partial charge in [0.15, 0.2) is 6.29 Å². The van der Waals surface area contributed by atoms with E-state index >= 15 is 0 Å². The molecule has 1 aromatic heterocycles. The summed E-state index contributed by atoms with van der Waals surface area (Å²) in [5.41, 5.74) is 3.98. The third kappa shape index (κ3) is 7.01. The predicted octanol–water partition coefficient (Wildman–Crippen LogP) is 6.11. The van der Waals surface area contributed by atoms with Crippen molar-refractivity contribution in [3.8, 4) is 0 Å². The molecule has 1 saturated heterocycles. The Labute approximate surface area is 242 Å². The van der Waals surface area contributed by atoms with E-state index < -0.39 is 12.3 Å². The van der Waals surface area contributed by atoms with E-state index in [9.17, 15) is 19.8 Å². The van der Waals surface area contributed by atoms with E-state index in [0.717, 1.165) is 21.6 Å². The number of aromatic carboxylic acids is 1. The van der Waals surface area contributed by atoms with Gasteiger partial charge in [0.2, 0.25) is 0 Å². The zero-order valence-corrected chi connectivity index (χ0v) is 23.2. The lowest BCUT2D eigenvalue weighted by Gasteiger charge is -2.41. The molecule has 4 atom stereocenters. The highest BCUT2D eigenvalue weighted by molar-refractivity contribution is 7.99. The van der Waals surface area contributed by atoms with E-state index in [-0.39, 0.29) is 36.2 Å². The molecule has 9 heteroatoms. The quantitative estimate of drug-likeness (QED) is 0.206. The molecule has 0 saturated carbocycles. The highest BCUT2D eigenvalue weighted by Gasteiger charge is 2.38. The second-order valence-electron chi connectivity index (χ2n) is 9.78. The van der Waals surface area contributed by atoms with Crippen LogP contribution in [0.5, 0.6) is 0 Å². The molecule has 1 aliphatic rings. The number of thioether (sulfide) groups is 1. The highest BCUT2D eigenvalue weighted by atomic mass is 32.2. The summed E-state index contributed by atoms with van der Waals surface area (Å²) in [6, 6.07) is 25.3. The summed E-state index contributed by atoms with van der Waals surface area (Å²) in [5.74, 6) is -0.555. The van der Waals surface area contributed by atoms with Gasteiger partial charge in [-0.1, -0.05) is 43.3 Å². The minimum Gasteiger partial charge on any atom is -0.478 e. The number of hydrogen-bond acceptors (Lipinski definition) is 7. The minimum absolute atomic E-state index is 0.00932. The van der Waals surface area contributed by atoms with Crippen LogP contribution in [0.15, 0.2) is 102 Å². The fraction of sp³-hybridized carbons (Fsp3) is 0.219. The van der Waals surface area contributed by atoms with Crippen LogP contribution in [-0.4, -0.2) is 38.9 Å². The first-order chi connectivity index (χ1) is 19.9.